The minimum absolute atomic E-state index is 0.171. The molecule has 0 nitrogen and oxygen atoms in total. The van der Waals surface area contributed by atoms with Gasteiger partial charge in [0.25, 0.3) is 0 Å². The summed E-state index contributed by atoms with van der Waals surface area (Å²) in [5.41, 5.74) is 12.0. The molecule has 0 bridgehead atoms. The van der Waals surface area contributed by atoms with Crippen molar-refractivity contribution < 1.29 is 0 Å². The van der Waals surface area contributed by atoms with Crippen LogP contribution in [-0.4, -0.2) is 0 Å². The van der Waals surface area contributed by atoms with E-state index >= 15 is 0 Å². The third-order valence-corrected chi connectivity index (χ3v) is 6.25. The molecule has 134 valence electrons. The molecule has 0 atom stereocenters. The van der Waals surface area contributed by atoms with E-state index in [-0.39, 0.29) is 5.41 Å². The van der Waals surface area contributed by atoms with Gasteiger partial charge >= 0.3 is 0 Å². The molecule has 0 aliphatic heterocycles. The Morgan fingerprint density at radius 2 is 0.692 bits per heavy atom. The Morgan fingerprint density at radius 3 is 0.923 bits per heavy atom. The number of aryl methyl sites for hydroxylation is 6. The van der Waals surface area contributed by atoms with Crippen molar-refractivity contribution in [2.45, 2.75) is 53.9 Å². The van der Waals surface area contributed by atoms with E-state index in [0.717, 1.165) is 0 Å². The summed E-state index contributed by atoms with van der Waals surface area (Å²) in [5.74, 6) is 0. The van der Waals surface area contributed by atoms with Crippen molar-refractivity contribution >= 4 is 0 Å². The molecular formula is C26H30. The highest BCUT2D eigenvalue weighted by Crippen LogP contribution is 2.40. The summed E-state index contributed by atoms with van der Waals surface area (Å²) in [7, 11) is 0. The Balaban J connectivity index is 2.31. The van der Waals surface area contributed by atoms with E-state index in [1.54, 1.807) is 0 Å². The maximum atomic E-state index is 2.37. The molecule has 0 heteroatoms. The van der Waals surface area contributed by atoms with Gasteiger partial charge in [0.05, 0.1) is 0 Å². The second kappa shape index (κ2) is 6.76. The Morgan fingerprint density at radius 1 is 0.423 bits per heavy atom. The summed E-state index contributed by atoms with van der Waals surface area (Å²) in [6.45, 7) is 15.5. The predicted molar refractivity (Wildman–Crippen MR) is 113 cm³/mol. The van der Waals surface area contributed by atoms with Crippen LogP contribution in [0.1, 0.15) is 57.0 Å². The standard InChI is InChI=1S/C26H30/c1-17-8-11-23(14-20(17)4)26(7,24-12-9-18(2)21(5)15-24)25-13-10-19(3)22(6)16-25/h8-16H,1-7H3. The average molecular weight is 343 g/mol. The molecule has 0 aliphatic carbocycles. The molecule has 3 aromatic rings. The first-order chi connectivity index (χ1) is 12.2. The Hall–Kier alpha value is -2.34. The summed E-state index contributed by atoms with van der Waals surface area (Å²) in [4.78, 5) is 0. The van der Waals surface area contributed by atoms with Gasteiger partial charge in [-0.15, -0.1) is 0 Å². The van der Waals surface area contributed by atoms with Crippen LogP contribution in [-0.2, 0) is 5.41 Å². The van der Waals surface area contributed by atoms with E-state index in [1.165, 1.54) is 50.1 Å². The molecule has 0 spiro atoms. The summed E-state index contributed by atoms with van der Waals surface area (Å²) in [5, 5.41) is 0. The maximum Gasteiger partial charge on any atom is 0.0423 e. The fraction of sp³-hybridized carbons (Fsp3) is 0.308. The number of hydrogen-bond donors (Lipinski definition) is 0. The summed E-state index contributed by atoms with van der Waals surface area (Å²) >= 11 is 0. The van der Waals surface area contributed by atoms with Gasteiger partial charge in [-0.05, 0) is 98.5 Å². The third-order valence-electron chi connectivity index (χ3n) is 6.25. The van der Waals surface area contributed by atoms with Crippen molar-refractivity contribution in [3.63, 3.8) is 0 Å². The predicted octanol–water partition coefficient (Wildman–Crippen LogP) is 6.89. The molecule has 26 heavy (non-hydrogen) atoms. The summed E-state index contributed by atoms with van der Waals surface area (Å²) < 4.78 is 0. The zero-order valence-corrected chi connectivity index (χ0v) is 17.2. The highest BCUT2D eigenvalue weighted by Gasteiger charge is 2.32. The zero-order valence-electron chi connectivity index (χ0n) is 17.2. The molecule has 0 fully saturated rings. The monoisotopic (exact) mass is 342 g/mol. The lowest BCUT2D eigenvalue weighted by molar-refractivity contribution is 0.689. The second-order valence-electron chi connectivity index (χ2n) is 8.02. The molecule has 0 radical (unpaired) electrons. The van der Waals surface area contributed by atoms with Crippen molar-refractivity contribution in [3.8, 4) is 0 Å². The normalized spacial score (nSPS) is 11.7. The summed E-state index contributed by atoms with van der Waals surface area (Å²) in [6.07, 6.45) is 0. The topological polar surface area (TPSA) is 0 Å². The zero-order chi connectivity index (χ0) is 19.1. The van der Waals surface area contributed by atoms with E-state index in [2.05, 4.69) is 103 Å². The van der Waals surface area contributed by atoms with E-state index in [4.69, 9.17) is 0 Å². The maximum absolute atomic E-state index is 2.37. The molecular weight excluding hydrogens is 312 g/mol. The van der Waals surface area contributed by atoms with Gasteiger partial charge in [-0.1, -0.05) is 54.6 Å². The van der Waals surface area contributed by atoms with Crippen molar-refractivity contribution in [2.75, 3.05) is 0 Å². The smallest absolute Gasteiger partial charge is 0.0423 e. The number of rotatable bonds is 3. The van der Waals surface area contributed by atoms with Crippen LogP contribution in [0, 0.1) is 41.5 Å². The quantitative estimate of drug-likeness (QED) is 0.454. The Bertz CT molecular complexity index is 835. The van der Waals surface area contributed by atoms with Crippen LogP contribution in [0.3, 0.4) is 0 Å². The molecule has 0 amide bonds. The first-order valence-corrected chi connectivity index (χ1v) is 9.46. The van der Waals surface area contributed by atoms with Gasteiger partial charge in [0.2, 0.25) is 0 Å². The van der Waals surface area contributed by atoms with Crippen LogP contribution in [0.25, 0.3) is 0 Å². The van der Waals surface area contributed by atoms with Crippen molar-refractivity contribution in [3.05, 3.63) is 105 Å². The minimum Gasteiger partial charge on any atom is -0.0587 e. The van der Waals surface area contributed by atoms with E-state index in [1.807, 2.05) is 0 Å². The Kier molecular flexibility index (Phi) is 4.80. The van der Waals surface area contributed by atoms with Gasteiger partial charge in [0.1, 0.15) is 0 Å². The number of hydrogen-bond acceptors (Lipinski definition) is 0. The van der Waals surface area contributed by atoms with Gasteiger partial charge in [-0.2, -0.15) is 0 Å². The van der Waals surface area contributed by atoms with Crippen LogP contribution < -0.4 is 0 Å². The highest BCUT2D eigenvalue weighted by molar-refractivity contribution is 5.53. The lowest BCUT2D eigenvalue weighted by Gasteiger charge is -2.33. The van der Waals surface area contributed by atoms with Crippen LogP contribution >= 0.6 is 0 Å². The lowest BCUT2D eigenvalue weighted by Crippen LogP contribution is -2.26. The molecule has 0 heterocycles. The van der Waals surface area contributed by atoms with Crippen LogP contribution in [0.4, 0.5) is 0 Å². The van der Waals surface area contributed by atoms with Gasteiger partial charge in [-0.3, -0.25) is 0 Å². The molecule has 3 rings (SSSR count). The Labute approximate surface area is 158 Å². The molecule has 0 aromatic heterocycles. The molecule has 0 aliphatic rings. The van der Waals surface area contributed by atoms with E-state index in [0.29, 0.717) is 0 Å². The van der Waals surface area contributed by atoms with Gasteiger partial charge in [-0.25, -0.2) is 0 Å². The van der Waals surface area contributed by atoms with Gasteiger partial charge in [0, 0.05) is 5.41 Å². The fourth-order valence-electron chi connectivity index (χ4n) is 3.66. The largest absolute Gasteiger partial charge is 0.0587 e. The van der Waals surface area contributed by atoms with Gasteiger partial charge in [0.15, 0.2) is 0 Å². The van der Waals surface area contributed by atoms with Crippen molar-refractivity contribution in [1.82, 2.24) is 0 Å². The third kappa shape index (κ3) is 3.09. The lowest BCUT2D eigenvalue weighted by atomic mass is 9.69. The molecule has 0 unspecified atom stereocenters. The summed E-state index contributed by atoms with van der Waals surface area (Å²) in [6, 6.07) is 20.7. The van der Waals surface area contributed by atoms with Crippen LogP contribution in [0.15, 0.2) is 54.6 Å². The minimum atomic E-state index is -0.171. The second-order valence-corrected chi connectivity index (χ2v) is 8.02. The fourth-order valence-corrected chi connectivity index (χ4v) is 3.66. The SMILES string of the molecule is Cc1ccc(C(C)(c2ccc(C)c(C)c2)c2ccc(C)c(C)c2)cc1C. The van der Waals surface area contributed by atoms with E-state index in [9.17, 15) is 0 Å². The van der Waals surface area contributed by atoms with Crippen molar-refractivity contribution in [2.24, 2.45) is 0 Å². The van der Waals surface area contributed by atoms with Crippen molar-refractivity contribution in [1.29, 1.82) is 0 Å². The highest BCUT2D eigenvalue weighted by atomic mass is 14.3. The average Bonchev–Trinajstić information content (AvgIpc) is 2.61. The first kappa shape index (κ1) is 18.5. The van der Waals surface area contributed by atoms with Crippen LogP contribution in [0.2, 0.25) is 0 Å². The van der Waals surface area contributed by atoms with E-state index < -0.39 is 0 Å². The van der Waals surface area contributed by atoms with Gasteiger partial charge < -0.3 is 0 Å². The molecule has 3 aromatic carbocycles. The number of benzene rings is 3. The first-order valence-electron chi connectivity index (χ1n) is 9.46. The molecule has 0 saturated heterocycles. The van der Waals surface area contributed by atoms with Crippen LogP contribution in [0.5, 0.6) is 0 Å². The molecule has 0 N–H and O–H groups in total. The molecule has 0 saturated carbocycles.